The fourth-order valence-electron chi connectivity index (χ4n) is 5.35. The second kappa shape index (κ2) is 13.8. The summed E-state index contributed by atoms with van der Waals surface area (Å²) in [7, 11) is -3.91. The van der Waals surface area contributed by atoms with E-state index in [1.54, 1.807) is 28.0 Å². The molecule has 5 rings (SSSR count). The first kappa shape index (κ1) is 35.2. The molecule has 3 aromatic rings. The van der Waals surface area contributed by atoms with E-state index >= 15 is 0 Å². The predicted molar refractivity (Wildman–Crippen MR) is 176 cm³/mol. The minimum atomic E-state index is -4.59. The molecule has 0 spiro atoms. The number of piperazine rings is 2. The third-order valence-corrected chi connectivity index (χ3v) is 9.93. The van der Waals surface area contributed by atoms with Gasteiger partial charge in [-0.05, 0) is 75.4 Å². The number of hydrogen-bond donors (Lipinski definition) is 1. The SMILES string of the molecule is CC(C)(C)OC(=O)N1CCN(c2cccc(C(=O)Nc3ccc(S(=O)(=O)N4CCN(c5cc(C(F)(F)F)cc(Cl)n5)CC4)cc3)c2)CC1. The van der Waals surface area contributed by atoms with Gasteiger partial charge in [-0.3, -0.25) is 4.79 Å². The fraction of sp³-hybridized carbons (Fsp3) is 0.406. The number of halogens is 4. The summed E-state index contributed by atoms with van der Waals surface area (Å²) in [6.45, 7) is 7.89. The van der Waals surface area contributed by atoms with Crippen LogP contribution in [0.3, 0.4) is 0 Å². The number of aromatic nitrogens is 1. The molecule has 3 heterocycles. The Labute approximate surface area is 282 Å². The summed E-state index contributed by atoms with van der Waals surface area (Å²) in [5.41, 5.74) is 0.138. The number of ether oxygens (including phenoxy) is 1. The van der Waals surface area contributed by atoms with E-state index in [4.69, 9.17) is 16.3 Å². The van der Waals surface area contributed by atoms with Crippen molar-refractivity contribution in [1.29, 1.82) is 0 Å². The van der Waals surface area contributed by atoms with Gasteiger partial charge < -0.3 is 24.8 Å². The standard InChI is InChI=1S/C32H36ClF3N6O5S/c1-31(2,3)47-30(44)41-13-11-39(12-14-41)25-6-4-5-22(19-25)29(43)37-24-7-9-26(10-8-24)48(45,46)42-17-15-40(16-18-42)28-21-23(32(34,35)36)20-27(33)38-28/h4-10,19-21H,11-18H2,1-3H3,(H,37,43). The van der Waals surface area contributed by atoms with E-state index in [9.17, 15) is 31.2 Å². The average molecular weight is 709 g/mol. The zero-order chi connectivity index (χ0) is 34.9. The van der Waals surface area contributed by atoms with Gasteiger partial charge in [0.1, 0.15) is 16.6 Å². The third kappa shape index (κ3) is 8.49. The highest BCUT2D eigenvalue weighted by Gasteiger charge is 2.34. The maximum atomic E-state index is 13.3. The van der Waals surface area contributed by atoms with Crippen LogP contribution in [0.15, 0.2) is 65.6 Å². The number of pyridine rings is 1. The molecule has 0 unspecified atom stereocenters. The van der Waals surface area contributed by atoms with Crippen molar-refractivity contribution < 1.29 is 35.9 Å². The van der Waals surface area contributed by atoms with Gasteiger partial charge in [-0.2, -0.15) is 17.5 Å². The number of carbonyl (C=O) groups is 2. The first-order chi connectivity index (χ1) is 22.5. The molecule has 0 saturated carbocycles. The second-order valence-electron chi connectivity index (χ2n) is 12.4. The molecular formula is C32H36ClF3N6O5S. The van der Waals surface area contributed by atoms with Crippen LogP contribution in [0.1, 0.15) is 36.7 Å². The van der Waals surface area contributed by atoms with Gasteiger partial charge in [-0.15, -0.1) is 0 Å². The average Bonchev–Trinajstić information content (AvgIpc) is 3.04. The molecule has 48 heavy (non-hydrogen) atoms. The van der Waals surface area contributed by atoms with Gasteiger partial charge in [0.2, 0.25) is 10.0 Å². The number of nitrogens with zero attached hydrogens (tertiary/aromatic N) is 5. The van der Waals surface area contributed by atoms with E-state index in [1.165, 1.54) is 28.6 Å². The van der Waals surface area contributed by atoms with Crippen LogP contribution < -0.4 is 15.1 Å². The van der Waals surface area contributed by atoms with E-state index in [-0.39, 0.29) is 54.0 Å². The van der Waals surface area contributed by atoms with Crippen LogP contribution in [-0.4, -0.2) is 92.6 Å². The van der Waals surface area contributed by atoms with E-state index in [0.717, 1.165) is 17.8 Å². The lowest BCUT2D eigenvalue weighted by molar-refractivity contribution is -0.137. The van der Waals surface area contributed by atoms with Gasteiger partial charge in [0.25, 0.3) is 5.91 Å². The smallest absolute Gasteiger partial charge is 0.416 e. The van der Waals surface area contributed by atoms with Crippen LogP contribution in [0.25, 0.3) is 0 Å². The van der Waals surface area contributed by atoms with Crippen LogP contribution in [0, 0.1) is 0 Å². The molecule has 2 aliphatic heterocycles. The Balaban J connectivity index is 1.16. The quantitative estimate of drug-likeness (QED) is 0.331. The summed E-state index contributed by atoms with van der Waals surface area (Å²) in [5.74, 6) is -0.349. The van der Waals surface area contributed by atoms with E-state index < -0.39 is 27.4 Å². The second-order valence-corrected chi connectivity index (χ2v) is 14.7. The number of sulfonamides is 1. The monoisotopic (exact) mass is 708 g/mol. The highest BCUT2D eigenvalue weighted by Crippen LogP contribution is 2.33. The number of alkyl halides is 3. The van der Waals surface area contributed by atoms with Crippen LogP contribution in [0.2, 0.25) is 5.15 Å². The maximum Gasteiger partial charge on any atom is 0.416 e. The minimum Gasteiger partial charge on any atom is -0.444 e. The van der Waals surface area contributed by atoms with Gasteiger partial charge in [0.15, 0.2) is 0 Å². The zero-order valence-electron chi connectivity index (χ0n) is 26.6. The molecule has 1 N–H and O–H groups in total. The first-order valence-electron chi connectivity index (χ1n) is 15.2. The predicted octanol–water partition coefficient (Wildman–Crippen LogP) is 5.57. The number of rotatable bonds is 6. The normalized spacial score (nSPS) is 16.5. The summed E-state index contributed by atoms with van der Waals surface area (Å²) < 4.78 is 73.1. The molecule has 1 aromatic heterocycles. The largest absolute Gasteiger partial charge is 0.444 e. The van der Waals surface area contributed by atoms with E-state index in [2.05, 4.69) is 15.2 Å². The molecule has 0 aliphatic carbocycles. The molecule has 0 radical (unpaired) electrons. The zero-order valence-corrected chi connectivity index (χ0v) is 28.2. The van der Waals surface area contributed by atoms with Crippen molar-refractivity contribution in [3.8, 4) is 0 Å². The number of nitrogens with one attached hydrogen (secondary N) is 1. The van der Waals surface area contributed by atoms with Gasteiger partial charge >= 0.3 is 12.3 Å². The van der Waals surface area contributed by atoms with Crippen LogP contribution in [0.4, 0.5) is 35.2 Å². The Morgan fingerprint density at radius 2 is 1.48 bits per heavy atom. The van der Waals surface area contributed by atoms with Crippen LogP contribution >= 0.6 is 11.6 Å². The lowest BCUT2D eigenvalue weighted by Crippen LogP contribution is -2.50. The third-order valence-electron chi connectivity index (χ3n) is 7.83. The number of anilines is 3. The molecule has 11 nitrogen and oxygen atoms in total. The molecule has 2 saturated heterocycles. The summed E-state index contributed by atoms with van der Waals surface area (Å²) in [4.78, 5) is 34.8. The Hall–Kier alpha value is -4.08. The minimum absolute atomic E-state index is 0.0155. The van der Waals surface area contributed by atoms with E-state index in [0.29, 0.717) is 37.4 Å². The Kier molecular flexibility index (Phi) is 10.1. The Morgan fingerprint density at radius 3 is 2.08 bits per heavy atom. The Bertz CT molecular complexity index is 1750. The molecular weight excluding hydrogens is 673 g/mol. The molecule has 16 heteroatoms. The van der Waals surface area contributed by atoms with Crippen molar-refractivity contribution >= 4 is 50.8 Å². The number of hydrogen-bond acceptors (Lipinski definition) is 8. The van der Waals surface area contributed by atoms with Crippen LogP contribution in [-0.2, 0) is 20.9 Å². The van der Waals surface area contributed by atoms with Crippen molar-refractivity contribution in [1.82, 2.24) is 14.2 Å². The van der Waals surface area contributed by atoms with Gasteiger partial charge in [-0.25, -0.2) is 18.2 Å². The van der Waals surface area contributed by atoms with Gasteiger partial charge in [0, 0.05) is 69.3 Å². The van der Waals surface area contributed by atoms with Gasteiger partial charge in [0.05, 0.1) is 10.5 Å². The molecule has 0 bridgehead atoms. The highest BCUT2D eigenvalue weighted by atomic mass is 35.5. The lowest BCUT2D eigenvalue weighted by Gasteiger charge is -2.36. The summed E-state index contributed by atoms with van der Waals surface area (Å²) in [6, 6.07) is 14.5. The molecule has 2 aromatic carbocycles. The number of benzene rings is 2. The Morgan fingerprint density at radius 1 is 0.854 bits per heavy atom. The van der Waals surface area contributed by atoms with Crippen molar-refractivity contribution in [2.75, 3.05) is 67.5 Å². The molecule has 2 aliphatic rings. The number of carbonyl (C=O) groups excluding carboxylic acids is 2. The number of amides is 2. The fourth-order valence-corrected chi connectivity index (χ4v) is 6.97. The van der Waals surface area contributed by atoms with Crippen molar-refractivity contribution in [3.63, 3.8) is 0 Å². The maximum absolute atomic E-state index is 13.3. The van der Waals surface area contributed by atoms with Crippen molar-refractivity contribution in [3.05, 3.63) is 76.9 Å². The topological polar surface area (TPSA) is 115 Å². The molecule has 2 fully saturated rings. The molecule has 2 amide bonds. The lowest BCUT2D eigenvalue weighted by atomic mass is 10.1. The summed E-state index contributed by atoms with van der Waals surface area (Å²) in [6.07, 6.45) is -4.95. The summed E-state index contributed by atoms with van der Waals surface area (Å²) >= 11 is 5.82. The first-order valence-corrected chi connectivity index (χ1v) is 17.1. The highest BCUT2D eigenvalue weighted by molar-refractivity contribution is 7.89. The van der Waals surface area contributed by atoms with Crippen molar-refractivity contribution in [2.45, 2.75) is 37.4 Å². The van der Waals surface area contributed by atoms with Crippen molar-refractivity contribution in [2.24, 2.45) is 0 Å². The van der Waals surface area contributed by atoms with Gasteiger partial charge in [-0.1, -0.05) is 17.7 Å². The summed E-state index contributed by atoms with van der Waals surface area (Å²) in [5, 5.41) is 2.49. The van der Waals surface area contributed by atoms with Crippen LogP contribution in [0.5, 0.6) is 0 Å². The van der Waals surface area contributed by atoms with E-state index in [1.807, 2.05) is 26.8 Å². The molecule has 258 valence electrons. The molecule has 0 atom stereocenters.